The van der Waals surface area contributed by atoms with E-state index in [0.717, 1.165) is 11.1 Å². The van der Waals surface area contributed by atoms with Gasteiger partial charge in [0.1, 0.15) is 5.69 Å². The van der Waals surface area contributed by atoms with Crippen LogP contribution in [0.3, 0.4) is 0 Å². The van der Waals surface area contributed by atoms with Crippen molar-refractivity contribution in [1.82, 2.24) is 10.1 Å². The van der Waals surface area contributed by atoms with Crippen LogP contribution in [0.1, 0.15) is 23.0 Å². The Labute approximate surface area is 138 Å². The zero-order chi connectivity index (χ0) is 17.3. The molecule has 0 bridgehead atoms. The number of aliphatic carboxylic acids is 1. The zero-order valence-electron chi connectivity index (χ0n) is 13.4. The fourth-order valence-corrected chi connectivity index (χ4v) is 2.65. The molecule has 1 aromatic heterocycles. The van der Waals surface area contributed by atoms with Crippen LogP contribution in [0.5, 0.6) is 0 Å². The number of carboxylic acids is 1. The molecular weight excluding hydrogens is 312 g/mol. The summed E-state index contributed by atoms with van der Waals surface area (Å²) >= 11 is 0. The van der Waals surface area contributed by atoms with Crippen molar-refractivity contribution >= 4 is 11.9 Å². The van der Waals surface area contributed by atoms with Crippen LogP contribution < -0.4 is 0 Å². The van der Waals surface area contributed by atoms with E-state index in [4.69, 9.17) is 14.4 Å². The van der Waals surface area contributed by atoms with Crippen molar-refractivity contribution in [1.29, 1.82) is 0 Å². The lowest BCUT2D eigenvalue weighted by molar-refractivity contribution is -0.160. The van der Waals surface area contributed by atoms with Gasteiger partial charge in [0.15, 0.2) is 6.10 Å². The summed E-state index contributed by atoms with van der Waals surface area (Å²) in [5, 5.41) is 13.0. The molecular formula is C17H18N2O5. The summed E-state index contributed by atoms with van der Waals surface area (Å²) in [6.45, 7) is 4.01. The average molecular weight is 330 g/mol. The molecule has 1 aliphatic rings. The maximum atomic E-state index is 12.6. The van der Waals surface area contributed by atoms with Crippen molar-refractivity contribution in [3.05, 3.63) is 41.7 Å². The smallest absolute Gasteiger partial charge is 0.334 e. The molecule has 0 spiro atoms. The summed E-state index contributed by atoms with van der Waals surface area (Å²) in [4.78, 5) is 25.1. The molecule has 0 aliphatic carbocycles. The van der Waals surface area contributed by atoms with Crippen LogP contribution >= 0.6 is 0 Å². The number of aryl methyl sites for hydroxylation is 1. The Morgan fingerprint density at radius 3 is 2.62 bits per heavy atom. The van der Waals surface area contributed by atoms with Gasteiger partial charge in [-0.25, -0.2) is 4.79 Å². The Kier molecular flexibility index (Phi) is 4.35. The standard InChI is InChI=1S/C17H18N2O5/c1-10-3-5-12(6-4-10)13-7-14(24-18-13)16(20)19-8-11(2)23-15(9-19)17(21)22/h3-7,11,15H,8-9H2,1-2H3,(H,21,22)/t11-,15?/m1/s1. The quantitative estimate of drug-likeness (QED) is 0.925. The molecule has 1 saturated heterocycles. The molecule has 126 valence electrons. The number of hydrogen-bond acceptors (Lipinski definition) is 5. The van der Waals surface area contributed by atoms with E-state index in [9.17, 15) is 9.59 Å². The first-order valence-electron chi connectivity index (χ1n) is 7.65. The second-order valence-electron chi connectivity index (χ2n) is 5.93. The van der Waals surface area contributed by atoms with Gasteiger partial charge in [-0.3, -0.25) is 4.79 Å². The molecule has 3 rings (SSSR count). The molecule has 1 aliphatic heterocycles. The third-order valence-electron chi connectivity index (χ3n) is 3.89. The van der Waals surface area contributed by atoms with Crippen molar-refractivity contribution in [2.45, 2.75) is 26.1 Å². The minimum absolute atomic E-state index is 0.0148. The van der Waals surface area contributed by atoms with Crippen LogP contribution in [-0.2, 0) is 9.53 Å². The number of amides is 1. The van der Waals surface area contributed by atoms with Gasteiger partial charge in [0.05, 0.1) is 12.6 Å². The van der Waals surface area contributed by atoms with Crippen LogP contribution in [0.15, 0.2) is 34.9 Å². The van der Waals surface area contributed by atoms with Crippen molar-refractivity contribution in [2.24, 2.45) is 0 Å². The molecule has 24 heavy (non-hydrogen) atoms. The molecule has 7 heteroatoms. The molecule has 2 heterocycles. The van der Waals surface area contributed by atoms with E-state index in [1.54, 1.807) is 13.0 Å². The second-order valence-corrected chi connectivity index (χ2v) is 5.93. The lowest BCUT2D eigenvalue weighted by Gasteiger charge is -2.34. The van der Waals surface area contributed by atoms with Gasteiger partial charge in [0.2, 0.25) is 5.76 Å². The first-order valence-corrected chi connectivity index (χ1v) is 7.65. The fraction of sp³-hybridized carbons (Fsp3) is 0.353. The van der Waals surface area contributed by atoms with E-state index in [1.165, 1.54) is 4.90 Å². The number of rotatable bonds is 3. The number of hydrogen-bond donors (Lipinski definition) is 1. The minimum Gasteiger partial charge on any atom is -0.479 e. The minimum atomic E-state index is -1.09. The summed E-state index contributed by atoms with van der Waals surface area (Å²) in [5.41, 5.74) is 2.54. The van der Waals surface area contributed by atoms with Crippen LogP contribution in [0, 0.1) is 6.92 Å². The average Bonchev–Trinajstić information content (AvgIpc) is 3.04. The van der Waals surface area contributed by atoms with Gasteiger partial charge in [0, 0.05) is 18.2 Å². The van der Waals surface area contributed by atoms with E-state index in [-0.39, 0.29) is 24.3 Å². The van der Waals surface area contributed by atoms with Crippen LogP contribution in [0.25, 0.3) is 11.3 Å². The van der Waals surface area contributed by atoms with E-state index in [1.807, 2.05) is 31.2 Å². The summed E-state index contributed by atoms with van der Waals surface area (Å²) < 4.78 is 10.5. The third-order valence-corrected chi connectivity index (χ3v) is 3.89. The molecule has 1 N–H and O–H groups in total. The number of carbonyl (C=O) groups is 2. The van der Waals surface area contributed by atoms with Crippen molar-refractivity contribution in [3.8, 4) is 11.3 Å². The first-order chi connectivity index (χ1) is 11.4. The van der Waals surface area contributed by atoms with Crippen molar-refractivity contribution < 1.29 is 24.0 Å². The van der Waals surface area contributed by atoms with E-state index < -0.39 is 12.1 Å². The predicted molar refractivity (Wildman–Crippen MR) is 84.6 cm³/mol. The lowest BCUT2D eigenvalue weighted by Crippen LogP contribution is -2.51. The van der Waals surface area contributed by atoms with Crippen LogP contribution in [0.4, 0.5) is 0 Å². The Morgan fingerprint density at radius 1 is 1.25 bits per heavy atom. The number of nitrogens with zero attached hydrogens (tertiary/aromatic N) is 2. The Balaban J connectivity index is 1.78. The Hall–Kier alpha value is -2.67. The largest absolute Gasteiger partial charge is 0.479 e. The highest BCUT2D eigenvalue weighted by Crippen LogP contribution is 2.21. The molecule has 2 atom stereocenters. The molecule has 0 saturated carbocycles. The summed E-state index contributed by atoms with van der Waals surface area (Å²) in [5.74, 6) is -1.39. The highest BCUT2D eigenvalue weighted by atomic mass is 16.5. The second kappa shape index (κ2) is 6.45. The monoisotopic (exact) mass is 330 g/mol. The van der Waals surface area contributed by atoms with Gasteiger partial charge in [-0.1, -0.05) is 35.0 Å². The summed E-state index contributed by atoms with van der Waals surface area (Å²) in [6.07, 6.45) is -1.39. The zero-order valence-corrected chi connectivity index (χ0v) is 13.4. The summed E-state index contributed by atoms with van der Waals surface area (Å²) in [7, 11) is 0. The van der Waals surface area contributed by atoms with Crippen LogP contribution in [-0.4, -0.2) is 52.3 Å². The van der Waals surface area contributed by atoms with Gasteiger partial charge in [-0.05, 0) is 13.8 Å². The van der Waals surface area contributed by atoms with Crippen LogP contribution in [0.2, 0.25) is 0 Å². The third kappa shape index (κ3) is 3.30. The van der Waals surface area contributed by atoms with Crippen molar-refractivity contribution in [3.63, 3.8) is 0 Å². The van der Waals surface area contributed by atoms with E-state index in [2.05, 4.69) is 5.16 Å². The highest BCUT2D eigenvalue weighted by molar-refractivity contribution is 5.93. The number of ether oxygens (including phenoxy) is 1. The fourth-order valence-electron chi connectivity index (χ4n) is 2.65. The molecule has 1 aromatic carbocycles. The Bertz CT molecular complexity index is 753. The van der Waals surface area contributed by atoms with Gasteiger partial charge in [-0.2, -0.15) is 0 Å². The SMILES string of the molecule is Cc1ccc(-c2cc(C(=O)N3CC(C(=O)O)O[C@H](C)C3)on2)cc1. The number of benzene rings is 1. The molecule has 1 unspecified atom stereocenters. The molecule has 7 nitrogen and oxygen atoms in total. The van der Waals surface area contributed by atoms with Gasteiger partial charge in [-0.15, -0.1) is 0 Å². The number of aromatic nitrogens is 1. The molecule has 1 fully saturated rings. The molecule has 1 amide bonds. The maximum Gasteiger partial charge on any atom is 0.334 e. The molecule has 2 aromatic rings. The highest BCUT2D eigenvalue weighted by Gasteiger charge is 2.34. The van der Waals surface area contributed by atoms with E-state index >= 15 is 0 Å². The number of carboxylic acid groups (broad SMARTS) is 1. The van der Waals surface area contributed by atoms with Gasteiger partial charge >= 0.3 is 5.97 Å². The Morgan fingerprint density at radius 2 is 1.96 bits per heavy atom. The van der Waals surface area contributed by atoms with Crippen molar-refractivity contribution in [2.75, 3.05) is 13.1 Å². The van der Waals surface area contributed by atoms with Gasteiger partial charge < -0.3 is 19.3 Å². The van der Waals surface area contributed by atoms with E-state index in [0.29, 0.717) is 12.2 Å². The number of carbonyl (C=O) groups excluding carboxylic acids is 1. The lowest BCUT2D eigenvalue weighted by atomic mass is 10.1. The number of morpholine rings is 1. The summed E-state index contributed by atoms with van der Waals surface area (Å²) in [6, 6.07) is 9.28. The normalized spacial score (nSPS) is 20.8. The van der Waals surface area contributed by atoms with Gasteiger partial charge in [0.25, 0.3) is 5.91 Å². The topological polar surface area (TPSA) is 92.9 Å². The molecule has 0 radical (unpaired) electrons. The first kappa shape index (κ1) is 16.2. The maximum absolute atomic E-state index is 12.6. The predicted octanol–water partition coefficient (Wildman–Crippen LogP) is 1.96.